The van der Waals surface area contributed by atoms with Crippen molar-refractivity contribution >= 4 is 33.5 Å². The van der Waals surface area contributed by atoms with Crippen LogP contribution in [0, 0.1) is 0 Å². The largest absolute Gasteiger partial charge is 0.313 e. The number of nitrogens with one attached hydrogen (secondary N) is 1. The lowest BCUT2D eigenvalue weighted by Crippen LogP contribution is -1.98. The summed E-state index contributed by atoms with van der Waals surface area (Å²) in [6, 6.07) is 8.00. The maximum atomic E-state index is 4.48. The number of aryl methyl sites for hydroxylation is 1. The van der Waals surface area contributed by atoms with Gasteiger partial charge in [0.1, 0.15) is 5.51 Å². The Morgan fingerprint density at radius 2 is 2.19 bits per heavy atom. The standard InChI is InChI=1S/C10H9N5S/c1-15-8-5-3-2-4-7(8)12-9(15)13-10-14-11-6-16-10/h2-6H,1H3,(H,12,13,14). The molecular formula is C10H9N5S. The molecule has 1 aromatic carbocycles. The Labute approximate surface area is 95.8 Å². The van der Waals surface area contributed by atoms with E-state index in [2.05, 4.69) is 20.5 Å². The molecule has 6 heteroatoms. The highest BCUT2D eigenvalue weighted by Crippen LogP contribution is 2.21. The summed E-state index contributed by atoms with van der Waals surface area (Å²) in [6.07, 6.45) is 0. The van der Waals surface area contributed by atoms with Gasteiger partial charge < -0.3 is 9.88 Å². The monoisotopic (exact) mass is 231 g/mol. The zero-order valence-electron chi connectivity index (χ0n) is 8.58. The Hall–Kier alpha value is -1.95. The first-order valence-corrected chi connectivity index (χ1v) is 5.67. The Kier molecular flexibility index (Phi) is 2.07. The van der Waals surface area contributed by atoms with Crippen molar-refractivity contribution in [1.82, 2.24) is 19.7 Å². The number of aromatic nitrogens is 4. The first-order valence-electron chi connectivity index (χ1n) is 4.79. The van der Waals surface area contributed by atoms with Gasteiger partial charge in [-0.2, -0.15) is 0 Å². The van der Waals surface area contributed by atoms with Gasteiger partial charge >= 0.3 is 0 Å². The van der Waals surface area contributed by atoms with Crippen LogP contribution in [0.15, 0.2) is 29.8 Å². The van der Waals surface area contributed by atoms with Gasteiger partial charge in [0.25, 0.3) is 0 Å². The Morgan fingerprint density at radius 1 is 1.31 bits per heavy atom. The van der Waals surface area contributed by atoms with Crippen molar-refractivity contribution in [1.29, 1.82) is 0 Å². The van der Waals surface area contributed by atoms with E-state index in [1.165, 1.54) is 11.3 Å². The normalized spacial score (nSPS) is 10.8. The highest BCUT2D eigenvalue weighted by atomic mass is 32.1. The van der Waals surface area contributed by atoms with Gasteiger partial charge in [0.05, 0.1) is 11.0 Å². The predicted molar refractivity (Wildman–Crippen MR) is 63.9 cm³/mol. The number of benzene rings is 1. The number of rotatable bonds is 2. The molecule has 5 nitrogen and oxygen atoms in total. The lowest BCUT2D eigenvalue weighted by Gasteiger charge is -2.01. The fourth-order valence-electron chi connectivity index (χ4n) is 1.58. The van der Waals surface area contributed by atoms with Crippen molar-refractivity contribution in [3.63, 3.8) is 0 Å². The van der Waals surface area contributed by atoms with Crippen molar-refractivity contribution < 1.29 is 0 Å². The van der Waals surface area contributed by atoms with Crippen LogP contribution in [0.25, 0.3) is 11.0 Å². The van der Waals surface area contributed by atoms with Gasteiger partial charge in [-0.1, -0.05) is 23.5 Å². The molecule has 0 spiro atoms. The summed E-state index contributed by atoms with van der Waals surface area (Å²) in [5, 5.41) is 11.6. The number of nitrogens with zero attached hydrogens (tertiary/aromatic N) is 4. The number of hydrogen-bond acceptors (Lipinski definition) is 5. The molecule has 0 saturated carbocycles. The van der Waals surface area contributed by atoms with Crippen LogP contribution in [-0.2, 0) is 7.05 Å². The van der Waals surface area contributed by atoms with E-state index in [1.807, 2.05) is 35.9 Å². The van der Waals surface area contributed by atoms with Crippen molar-refractivity contribution in [3.8, 4) is 0 Å². The molecule has 0 amide bonds. The van der Waals surface area contributed by atoms with Crippen molar-refractivity contribution in [3.05, 3.63) is 29.8 Å². The molecule has 0 atom stereocenters. The minimum absolute atomic E-state index is 0.749. The first kappa shape index (κ1) is 9.29. The number of hydrogen-bond donors (Lipinski definition) is 1. The molecule has 0 radical (unpaired) electrons. The summed E-state index contributed by atoms with van der Waals surface area (Å²) in [4.78, 5) is 4.48. The van der Waals surface area contributed by atoms with Gasteiger partial charge in [-0.25, -0.2) is 4.98 Å². The summed E-state index contributed by atoms with van der Waals surface area (Å²) >= 11 is 1.45. The maximum Gasteiger partial charge on any atom is 0.212 e. The molecule has 80 valence electrons. The van der Waals surface area contributed by atoms with Crippen molar-refractivity contribution in [2.24, 2.45) is 7.05 Å². The van der Waals surface area contributed by atoms with Gasteiger partial charge in [-0.15, -0.1) is 10.2 Å². The molecule has 0 saturated heterocycles. The van der Waals surface area contributed by atoms with E-state index in [1.54, 1.807) is 5.51 Å². The molecule has 16 heavy (non-hydrogen) atoms. The Morgan fingerprint density at radius 3 is 2.94 bits per heavy atom. The molecule has 0 unspecified atom stereocenters. The van der Waals surface area contributed by atoms with E-state index in [4.69, 9.17) is 0 Å². The molecule has 0 fully saturated rings. The van der Waals surface area contributed by atoms with Gasteiger partial charge in [-0.05, 0) is 12.1 Å². The van der Waals surface area contributed by atoms with Crippen LogP contribution in [0.4, 0.5) is 11.1 Å². The number of fused-ring (bicyclic) bond motifs is 1. The summed E-state index contributed by atoms with van der Waals surface area (Å²) in [5.41, 5.74) is 3.75. The zero-order chi connectivity index (χ0) is 11.0. The molecule has 2 aromatic heterocycles. The molecular weight excluding hydrogens is 222 g/mol. The van der Waals surface area contributed by atoms with Crippen molar-refractivity contribution in [2.75, 3.05) is 5.32 Å². The zero-order valence-corrected chi connectivity index (χ0v) is 9.40. The van der Waals surface area contributed by atoms with Crippen LogP contribution < -0.4 is 5.32 Å². The highest BCUT2D eigenvalue weighted by Gasteiger charge is 2.07. The molecule has 0 bridgehead atoms. The van der Waals surface area contributed by atoms with E-state index < -0.39 is 0 Å². The Balaban J connectivity index is 2.07. The van der Waals surface area contributed by atoms with E-state index in [-0.39, 0.29) is 0 Å². The second kappa shape index (κ2) is 3.57. The second-order valence-corrected chi connectivity index (χ2v) is 4.19. The fraction of sp³-hybridized carbons (Fsp3) is 0.100. The molecule has 0 aliphatic carbocycles. The molecule has 3 aromatic rings. The maximum absolute atomic E-state index is 4.48. The third-order valence-electron chi connectivity index (χ3n) is 2.37. The number of anilines is 2. The van der Waals surface area contributed by atoms with Gasteiger partial charge in [0, 0.05) is 7.05 Å². The van der Waals surface area contributed by atoms with Gasteiger partial charge in [-0.3, -0.25) is 0 Å². The topological polar surface area (TPSA) is 55.6 Å². The van der Waals surface area contributed by atoms with Crippen LogP contribution in [0.1, 0.15) is 0 Å². The summed E-state index contributed by atoms with van der Waals surface area (Å²) in [7, 11) is 1.97. The third kappa shape index (κ3) is 1.43. The molecule has 0 aliphatic heterocycles. The first-order chi connectivity index (χ1) is 7.84. The summed E-state index contributed by atoms with van der Waals surface area (Å²) in [5.74, 6) is 0.776. The fourth-order valence-corrected chi connectivity index (χ4v) is 2.02. The summed E-state index contributed by atoms with van der Waals surface area (Å²) < 4.78 is 2.00. The molecule has 0 aliphatic rings. The highest BCUT2D eigenvalue weighted by molar-refractivity contribution is 7.13. The predicted octanol–water partition coefficient (Wildman–Crippen LogP) is 2.17. The average molecular weight is 231 g/mol. The van der Waals surface area contributed by atoms with E-state index in [0.29, 0.717) is 0 Å². The quantitative estimate of drug-likeness (QED) is 0.734. The molecule has 1 N–H and O–H groups in total. The van der Waals surface area contributed by atoms with Crippen LogP contribution in [0.2, 0.25) is 0 Å². The van der Waals surface area contributed by atoms with Gasteiger partial charge in [0.15, 0.2) is 0 Å². The molecule has 2 heterocycles. The second-order valence-electron chi connectivity index (χ2n) is 3.35. The van der Waals surface area contributed by atoms with Crippen LogP contribution in [-0.4, -0.2) is 19.7 Å². The average Bonchev–Trinajstić information content (AvgIpc) is 2.90. The van der Waals surface area contributed by atoms with E-state index >= 15 is 0 Å². The van der Waals surface area contributed by atoms with Crippen LogP contribution in [0.5, 0.6) is 0 Å². The lowest BCUT2D eigenvalue weighted by atomic mass is 10.3. The van der Waals surface area contributed by atoms with E-state index in [0.717, 1.165) is 22.1 Å². The van der Waals surface area contributed by atoms with E-state index in [9.17, 15) is 0 Å². The van der Waals surface area contributed by atoms with Crippen LogP contribution in [0.3, 0.4) is 0 Å². The smallest absolute Gasteiger partial charge is 0.212 e. The van der Waals surface area contributed by atoms with Crippen LogP contribution >= 0.6 is 11.3 Å². The SMILES string of the molecule is Cn1c(Nc2nncs2)nc2ccccc21. The lowest BCUT2D eigenvalue weighted by molar-refractivity contribution is 0.954. The minimum Gasteiger partial charge on any atom is -0.313 e. The Bertz CT molecular complexity index is 613. The number of para-hydroxylation sites is 2. The molecule has 3 rings (SSSR count). The summed E-state index contributed by atoms with van der Waals surface area (Å²) in [6.45, 7) is 0. The third-order valence-corrected chi connectivity index (χ3v) is 2.97. The number of imidazole rings is 1. The van der Waals surface area contributed by atoms with Crippen molar-refractivity contribution in [2.45, 2.75) is 0 Å². The minimum atomic E-state index is 0.749. The van der Waals surface area contributed by atoms with Gasteiger partial charge in [0.2, 0.25) is 11.1 Å².